The van der Waals surface area contributed by atoms with Crippen LogP contribution >= 0.6 is 15.9 Å². The molecule has 0 radical (unpaired) electrons. The Balaban J connectivity index is 1.83. The average molecular weight is 333 g/mol. The minimum absolute atomic E-state index is 0.0913. The van der Waals surface area contributed by atoms with Crippen LogP contribution in [0.2, 0.25) is 0 Å². The molecular weight excluding hydrogens is 316 g/mol. The van der Waals surface area contributed by atoms with Crippen molar-refractivity contribution in [2.75, 3.05) is 0 Å². The molecule has 2 aromatic rings. The Morgan fingerprint density at radius 2 is 1.75 bits per heavy atom. The molecule has 0 spiro atoms. The molecule has 2 rings (SSSR count). The number of ether oxygens (including phenoxy) is 1. The van der Waals surface area contributed by atoms with Crippen molar-refractivity contribution in [1.82, 2.24) is 0 Å². The first-order chi connectivity index (χ1) is 9.65. The van der Waals surface area contributed by atoms with Crippen molar-refractivity contribution in [2.45, 2.75) is 25.9 Å². The van der Waals surface area contributed by atoms with Crippen LogP contribution in [0, 0.1) is 0 Å². The van der Waals surface area contributed by atoms with Gasteiger partial charge in [0.2, 0.25) is 0 Å². The van der Waals surface area contributed by atoms with Gasteiger partial charge in [0.05, 0.1) is 11.7 Å². The predicted octanol–water partition coefficient (Wildman–Crippen LogP) is 4.63. The Kier molecular flexibility index (Phi) is 5.36. The molecule has 104 valence electrons. The molecule has 0 aliphatic heterocycles. The highest BCUT2D eigenvalue weighted by Crippen LogP contribution is 2.13. The van der Waals surface area contributed by atoms with E-state index in [0.717, 1.165) is 17.3 Å². The first kappa shape index (κ1) is 14.8. The van der Waals surface area contributed by atoms with Crippen LogP contribution in [-0.2, 0) is 11.2 Å². The van der Waals surface area contributed by atoms with Crippen LogP contribution in [0.15, 0.2) is 59.1 Å². The molecule has 0 N–H and O–H groups in total. The molecule has 0 heterocycles. The number of aryl methyl sites for hydroxylation is 1. The summed E-state index contributed by atoms with van der Waals surface area (Å²) in [4.78, 5) is 11.9. The zero-order chi connectivity index (χ0) is 14.4. The summed E-state index contributed by atoms with van der Waals surface area (Å²) in [7, 11) is 0. The molecule has 0 saturated heterocycles. The lowest BCUT2D eigenvalue weighted by Gasteiger charge is -2.13. The van der Waals surface area contributed by atoms with Gasteiger partial charge in [0.1, 0.15) is 0 Å². The SMILES string of the molecule is CC(CCc1ccccc1)OC(=O)c1ccc(Br)cc1. The molecule has 1 atom stereocenters. The molecule has 0 aromatic heterocycles. The van der Waals surface area contributed by atoms with Gasteiger partial charge >= 0.3 is 5.97 Å². The van der Waals surface area contributed by atoms with Crippen molar-refractivity contribution in [3.8, 4) is 0 Å². The zero-order valence-electron chi connectivity index (χ0n) is 11.4. The fourth-order valence-electron chi connectivity index (χ4n) is 1.91. The Morgan fingerprint density at radius 3 is 2.40 bits per heavy atom. The van der Waals surface area contributed by atoms with E-state index >= 15 is 0 Å². The van der Waals surface area contributed by atoms with Gasteiger partial charge in [-0.05, 0) is 49.6 Å². The van der Waals surface area contributed by atoms with Crippen LogP contribution < -0.4 is 0 Å². The first-order valence-corrected chi connectivity index (χ1v) is 7.45. The molecule has 0 aliphatic rings. The predicted molar refractivity (Wildman–Crippen MR) is 83.8 cm³/mol. The lowest BCUT2D eigenvalue weighted by Crippen LogP contribution is -2.15. The minimum atomic E-state index is -0.266. The monoisotopic (exact) mass is 332 g/mol. The second kappa shape index (κ2) is 7.25. The third kappa shape index (κ3) is 4.49. The number of halogens is 1. The van der Waals surface area contributed by atoms with Gasteiger partial charge in [0, 0.05) is 4.47 Å². The highest BCUT2D eigenvalue weighted by Gasteiger charge is 2.11. The number of hydrogen-bond acceptors (Lipinski definition) is 2. The van der Waals surface area contributed by atoms with Crippen molar-refractivity contribution >= 4 is 21.9 Å². The van der Waals surface area contributed by atoms with Crippen LogP contribution in [0.5, 0.6) is 0 Å². The molecule has 0 saturated carbocycles. The van der Waals surface area contributed by atoms with E-state index in [0.29, 0.717) is 5.56 Å². The molecule has 20 heavy (non-hydrogen) atoms. The number of esters is 1. The van der Waals surface area contributed by atoms with E-state index in [4.69, 9.17) is 4.74 Å². The van der Waals surface area contributed by atoms with Crippen LogP contribution in [0.25, 0.3) is 0 Å². The van der Waals surface area contributed by atoms with Crippen molar-refractivity contribution in [1.29, 1.82) is 0 Å². The summed E-state index contributed by atoms with van der Waals surface area (Å²) in [5.74, 6) is -0.266. The van der Waals surface area contributed by atoms with Gasteiger partial charge in [-0.3, -0.25) is 0 Å². The second-order valence-corrected chi connectivity index (χ2v) is 5.66. The van der Waals surface area contributed by atoms with Crippen molar-refractivity contribution in [3.05, 3.63) is 70.2 Å². The number of rotatable bonds is 5. The van der Waals surface area contributed by atoms with Crippen molar-refractivity contribution in [2.24, 2.45) is 0 Å². The summed E-state index contributed by atoms with van der Waals surface area (Å²) >= 11 is 3.34. The van der Waals surface area contributed by atoms with E-state index in [1.54, 1.807) is 12.1 Å². The number of benzene rings is 2. The maximum absolute atomic E-state index is 11.9. The molecule has 0 amide bonds. The highest BCUT2D eigenvalue weighted by atomic mass is 79.9. The molecule has 1 unspecified atom stereocenters. The van der Waals surface area contributed by atoms with Crippen LogP contribution in [0.4, 0.5) is 0 Å². The number of hydrogen-bond donors (Lipinski definition) is 0. The summed E-state index contributed by atoms with van der Waals surface area (Å²) in [6.07, 6.45) is 1.65. The van der Waals surface area contributed by atoms with E-state index in [-0.39, 0.29) is 12.1 Å². The van der Waals surface area contributed by atoms with E-state index in [1.807, 2.05) is 37.3 Å². The summed E-state index contributed by atoms with van der Waals surface area (Å²) in [5.41, 5.74) is 1.85. The standard InChI is InChI=1S/C17H17BrO2/c1-13(7-8-14-5-3-2-4-6-14)20-17(19)15-9-11-16(18)12-10-15/h2-6,9-13H,7-8H2,1H3. The van der Waals surface area contributed by atoms with E-state index in [2.05, 4.69) is 28.1 Å². The topological polar surface area (TPSA) is 26.3 Å². The molecule has 2 aromatic carbocycles. The Morgan fingerprint density at radius 1 is 1.10 bits per heavy atom. The first-order valence-electron chi connectivity index (χ1n) is 6.65. The molecule has 0 bridgehead atoms. The maximum Gasteiger partial charge on any atom is 0.338 e. The number of carbonyl (C=O) groups excluding carboxylic acids is 1. The molecule has 0 aliphatic carbocycles. The van der Waals surface area contributed by atoms with Gasteiger partial charge < -0.3 is 4.74 Å². The summed E-state index contributed by atoms with van der Waals surface area (Å²) in [6.45, 7) is 1.93. The van der Waals surface area contributed by atoms with Gasteiger partial charge in [-0.2, -0.15) is 0 Å². The lowest BCUT2D eigenvalue weighted by molar-refractivity contribution is 0.0325. The van der Waals surface area contributed by atoms with Gasteiger partial charge in [0.15, 0.2) is 0 Å². The number of carbonyl (C=O) groups is 1. The molecular formula is C17H17BrO2. The Hall–Kier alpha value is -1.61. The maximum atomic E-state index is 11.9. The van der Waals surface area contributed by atoms with E-state index in [1.165, 1.54) is 5.56 Å². The molecule has 3 heteroatoms. The average Bonchev–Trinajstić information content (AvgIpc) is 2.47. The smallest absolute Gasteiger partial charge is 0.338 e. The Bertz CT molecular complexity index is 549. The van der Waals surface area contributed by atoms with E-state index < -0.39 is 0 Å². The van der Waals surface area contributed by atoms with Crippen LogP contribution in [0.1, 0.15) is 29.3 Å². The van der Waals surface area contributed by atoms with Gasteiger partial charge in [0.25, 0.3) is 0 Å². The zero-order valence-corrected chi connectivity index (χ0v) is 13.0. The van der Waals surface area contributed by atoms with Crippen LogP contribution in [0.3, 0.4) is 0 Å². The second-order valence-electron chi connectivity index (χ2n) is 4.75. The van der Waals surface area contributed by atoms with Crippen molar-refractivity contribution < 1.29 is 9.53 Å². The van der Waals surface area contributed by atoms with E-state index in [9.17, 15) is 4.79 Å². The third-order valence-electron chi connectivity index (χ3n) is 3.07. The van der Waals surface area contributed by atoms with Gasteiger partial charge in [-0.1, -0.05) is 46.3 Å². The fraction of sp³-hybridized carbons (Fsp3) is 0.235. The summed E-state index contributed by atoms with van der Waals surface area (Å²) < 4.78 is 6.39. The molecule has 0 fully saturated rings. The largest absolute Gasteiger partial charge is 0.459 e. The molecule has 2 nitrogen and oxygen atoms in total. The van der Waals surface area contributed by atoms with Crippen LogP contribution in [-0.4, -0.2) is 12.1 Å². The van der Waals surface area contributed by atoms with Gasteiger partial charge in [-0.15, -0.1) is 0 Å². The minimum Gasteiger partial charge on any atom is -0.459 e. The highest BCUT2D eigenvalue weighted by molar-refractivity contribution is 9.10. The summed E-state index contributed by atoms with van der Waals surface area (Å²) in [5, 5.41) is 0. The summed E-state index contributed by atoms with van der Waals surface area (Å²) in [6, 6.07) is 17.4. The fourth-order valence-corrected chi connectivity index (χ4v) is 2.17. The van der Waals surface area contributed by atoms with Gasteiger partial charge in [-0.25, -0.2) is 4.79 Å². The quantitative estimate of drug-likeness (QED) is 0.746. The Labute approximate surface area is 127 Å². The normalized spacial score (nSPS) is 11.9. The third-order valence-corrected chi connectivity index (χ3v) is 3.60. The lowest BCUT2D eigenvalue weighted by atomic mass is 10.1. The van der Waals surface area contributed by atoms with Crippen molar-refractivity contribution in [3.63, 3.8) is 0 Å².